The summed E-state index contributed by atoms with van der Waals surface area (Å²) in [7, 11) is 1.46. The third-order valence-corrected chi connectivity index (χ3v) is 16.1. The molecule has 5 aliphatic carbocycles. The van der Waals surface area contributed by atoms with Crippen molar-refractivity contribution in [3.63, 3.8) is 0 Å². The summed E-state index contributed by atoms with van der Waals surface area (Å²) < 4.78 is 30.7. The molecule has 9 rings (SSSR count). The van der Waals surface area contributed by atoms with Crippen molar-refractivity contribution >= 4 is 34.1 Å². The van der Waals surface area contributed by atoms with Gasteiger partial charge in [-0.1, -0.05) is 25.5 Å². The van der Waals surface area contributed by atoms with Gasteiger partial charge in [-0.2, -0.15) is 0 Å². The minimum Gasteiger partial charge on any atom is -0.492 e. The van der Waals surface area contributed by atoms with E-state index >= 15 is 4.39 Å². The Morgan fingerprint density at radius 3 is 2.53 bits per heavy atom. The molecule has 4 saturated carbocycles. The lowest BCUT2D eigenvalue weighted by atomic mass is 9.46. The second-order valence-corrected chi connectivity index (χ2v) is 18.9. The number of fused-ring (bicyclic) bond motifs is 7. The van der Waals surface area contributed by atoms with E-state index < -0.39 is 39.8 Å². The van der Waals surface area contributed by atoms with Crippen LogP contribution in [0.5, 0.6) is 5.75 Å². The number of carboxylic acid groups (broad SMARTS) is 1. The van der Waals surface area contributed by atoms with Gasteiger partial charge in [0.2, 0.25) is 5.43 Å². The summed E-state index contributed by atoms with van der Waals surface area (Å²) >= 11 is 0. The first-order chi connectivity index (χ1) is 27.6. The number of likely N-dealkylation sites (tertiary alicyclic amines) is 1. The number of ketones is 2. The van der Waals surface area contributed by atoms with Crippen molar-refractivity contribution in [2.24, 2.45) is 34.5 Å². The number of aliphatic hydroxyl groups is 2. The molecule has 9 atom stereocenters. The van der Waals surface area contributed by atoms with Crippen molar-refractivity contribution in [1.29, 1.82) is 0 Å². The van der Waals surface area contributed by atoms with E-state index in [4.69, 9.17) is 9.47 Å². The Labute approximate surface area is 337 Å². The van der Waals surface area contributed by atoms with Gasteiger partial charge in [0.25, 0.3) is 0 Å². The average Bonchev–Trinajstić information content (AvgIpc) is 3.85. The number of rotatable bonds is 9. The molecular formula is C45H56FN3O9. The van der Waals surface area contributed by atoms with Crippen molar-refractivity contribution < 1.29 is 43.6 Å². The molecule has 58 heavy (non-hydrogen) atoms. The standard InChI is InChI=1S/C45H56FN3O9/c1-23-34-38(49(27-9-10-27)24(2)35(40(34)53)42(54)55)41(57-5)39(37(23)46)48-19-25-7-6-16-47(31(25)20-48)22-58-21-33(52)45(56)15-13-30-29-11-8-26-17-28(50)12-14-43(26,3)36(29)32(51)18-44(30,45)4/h12,14,17,25,27,29-32,36,51,56H,6-11,13,15-16,18-22H2,1-5H3,(H,54,55)/t25?,29-,30-,31?,32-,36?,43-,44-,45-/m0/s1. The Morgan fingerprint density at radius 2 is 1.83 bits per heavy atom. The predicted octanol–water partition coefficient (Wildman–Crippen LogP) is 5.25. The highest BCUT2D eigenvalue weighted by atomic mass is 19.1. The van der Waals surface area contributed by atoms with E-state index in [9.17, 15) is 34.5 Å². The maximum Gasteiger partial charge on any atom is 0.341 e. The van der Waals surface area contributed by atoms with Gasteiger partial charge in [-0.15, -0.1) is 0 Å². The van der Waals surface area contributed by atoms with Gasteiger partial charge >= 0.3 is 5.97 Å². The number of hydrogen-bond donors (Lipinski definition) is 3. The van der Waals surface area contributed by atoms with E-state index in [0.29, 0.717) is 43.6 Å². The summed E-state index contributed by atoms with van der Waals surface area (Å²) in [4.78, 5) is 56.4. The molecule has 1 aromatic carbocycles. The van der Waals surface area contributed by atoms with Gasteiger partial charge < -0.3 is 34.3 Å². The molecule has 3 unspecified atom stereocenters. The van der Waals surface area contributed by atoms with Crippen LogP contribution in [0.25, 0.3) is 10.9 Å². The molecule has 12 nitrogen and oxygen atoms in total. The van der Waals surface area contributed by atoms with Crippen LogP contribution in [0.15, 0.2) is 28.6 Å². The maximum absolute atomic E-state index is 16.7. The number of benzene rings is 1. The van der Waals surface area contributed by atoms with E-state index in [1.54, 1.807) is 19.1 Å². The Balaban J connectivity index is 0.922. The highest BCUT2D eigenvalue weighted by molar-refractivity contribution is 6.01. The van der Waals surface area contributed by atoms with Crippen LogP contribution in [0.1, 0.15) is 99.3 Å². The number of carbonyl (C=O) groups is 3. The van der Waals surface area contributed by atoms with Crippen LogP contribution in [0.2, 0.25) is 0 Å². The fourth-order valence-corrected chi connectivity index (χ4v) is 13.2. The second kappa shape index (κ2) is 13.8. The van der Waals surface area contributed by atoms with Crippen LogP contribution >= 0.6 is 0 Å². The number of anilines is 1. The van der Waals surface area contributed by atoms with E-state index in [1.165, 1.54) is 14.0 Å². The number of aromatic carboxylic acids is 1. The van der Waals surface area contributed by atoms with Gasteiger partial charge in [0.1, 0.15) is 23.5 Å². The van der Waals surface area contributed by atoms with E-state index in [2.05, 4.69) is 11.8 Å². The first kappa shape index (κ1) is 39.5. The lowest BCUT2D eigenvalue weighted by Gasteiger charge is -2.59. The van der Waals surface area contributed by atoms with Crippen molar-refractivity contribution in [2.75, 3.05) is 45.0 Å². The molecule has 7 aliphatic rings. The molecule has 0 amide bonds. The minimum atomic E-state index is -1.64. The molecule has 0 bridgehead atoms. The summed E-state index contributed by atoms with van der Waals surface area (Å²) in [5.74, 6) is -1.85. The van der Waals surface area contributed by atoms with Gasteiger partial charge in [-0.3, -0.25) is 19.3 Å². The predicted molar refractivity (Wildman–Crippen MR) is 214 cm³/mol. The molecule has 0 radical (unpaired) electrons. The number of allylic oxidation sites excluding steroid dienone is 4. The highest BCUT2D eigenvalue weighted by Gasteiger charge is 2.68. The molecule has 3 heterocycles. The average molecular weight is 802 g/mol. The molecular weight excluding hydrogens is 746 g/mol. The SMILES string of the molecule is COc1c(N2CC3CCCN(COCC(=O)[C@@]4(O)CC[C@H]5[C@@H]6CCC7=CC(=O)C=C[C@]7(C)C6[C@@H](O)C[C@@]54C)C3C2)c(F)c(C)c2c(=O)c(C(=O)O)c(C)n(C3CC3)c12. The van der Waals surface area contributed by atoms with Gasteiger partial charge in [-0.05, 0) is 102 Å². The van der Waals surface area contributed by atoms with Gasteiger partial charge in [0.15, 0.2) is 23.1 Å². The third kappa shape index (κ3) is 5.58. The first-order valence-electron chi connectivity index (χ1n) is 21.2. The number of aliphatic hydroxyl groups excluding tert-OH is 1. The number of aryl methyl sites for hydroxylation is 1. The topological polar surface area (TPSA) is 159 Å². The summed E-state index contributed by atoms with van der Waals surface area (Å²) in [6.07, 6.45) is 10.9. The van der Waals surface area contributed by atoms with E-state index in [-0.39, 0.29) is 88.6 Å². The summed E-state index contributed by atoms with van der Waals surface area (Å²) in [6.45, 7) is 8.89. The minimum absolute atomic E-state index is 0.0106. The maximum atomic E-state index is 16.7. The number of halogens is 1. The lowest BCUT2D eigenvalue weighted by molar-refractivity contribution is -0.180. The fourth-order valence-electron chi connectivity index (χ4n) is 13.2. The first-order valence-corrected chi connectivity index (χ1v) is 21.2. The Morgan fingerprint density at radius 1 is 1.07 bits per heavy atom. The number of ether oxygens (including phenoxy) is 2. The van der Waals surface area contributed by atoms with Crippen molar-refractivity contribution in [3.05, 3.63) is 56.7 Å². The second-order valence-electron chi connectivity index (χ2n) is 18.9. The zero-order valence-corrected chi connectivity index (χ0v) is 34.2. The zero-order valence-electron chi connectivity index (χ0n) is 34.2. The molecule has 2 aliphatic heterocycles. The number of hydrogen-bond acceptors (Lipinski definition) is 10. The van der Waals surface area contributed by atoms with Crippen molar-refractivity contribution in [2.45, 2.75) is 109 Å². The number of methoxy groups -OCH3 is 1. The number of carbonyl (C=O) groups excluding carboxylic acids is 2. The van der Waals surface area contributed by atoms with Crippen LogP contribution in [-0.2, 0) is 14.3 Å². The highest BCUT2D eigenvalue weighted by Crippen LogP contribution is 2.67. The Hall–Kier alpha value is -3.91. The number of piperidine rings is 1. The monoisotopic (exact) mass is 801 g/mol. The lowest BCUT2D eigenvalue weighted by Crippen LogP contribution is -2.61. The molecule has 312 valence electrons. The smallest absolute Gasteiger partial charge is 0.341 e. The third-order valence-electron chi connectivity index (χ3n) is 16.1. The number of aromatic nitrogens is 1. The van der Waals surface area contributed by atoms with Crippen molar-refractivity contribution in [3.8, 4) is 5.75 Å². The number of Topliss-reactive ketones (excluding diaryl/α,β-unsaturated/α-hetero) is 1. The summed E-state index contributed by atoms with van der Waals surface area (Å²) in [6, 6.07) is -0.0214. The van der Waals surface area contributed by atoms with Crippen LogP contribution in [-0.4, -0.2) is 100 Å². The normalized spacial score (nSPS) is 35.7. The van der Waals surface area contributed by atoms with E-state index in [0.717, 1.165) is 50.6 Å². The van der Waals surface area contributed by atoms with Crippen molar-refractivity contribution in [1.82, 2.24) is 9.47 Å². The largest absolute Gasteiger partial charge is 0.492 e. The zero-order chi connectivity index (χ0) is 41.2. The molecule has 0 spiro atoms. The number of pyridine rings is 1. The molecule has 2 aromatic rings. The van der Waals surface area contributed by atoms with Crippen LogP contribution < -0.4 is 15.1 Å². The summed E-state index contributed by atoms with van der Waals surface area (Å²) in [5, 5.41) is 34.1. The van der Waals surface area contributed by atoms with Crippen LogP contribution in [0.3, 0.4) is 0 Å². The van der Waals surface area contributed by atoms with Gasteiger partial charge in [0, 0.05) is 59.7 Å². The van der Waals surface area contributed by atoms with Gasteiger partial charge in [-0.25, -0.2) is 9.18 Å². The number of nitrogens with zero attached hydrogens (tertiary/aromatic N) is 3. The molecule has 13 heteroatoms. The molecule has 2 saturated heterocycles. The Kier molecular flexibility index (Phi) is 9.42. The quantitative estimate of drug-likeness (QED) is 0.304. The molecule has 6 fully saturated rings. The number of carboxylic acids is 1. The fraction of sp³-hybridized carbons (Fsp3) is 0.644. The summed E-state index contributed by atoms with van der Waals surface area (Å²) in [5.41, 5.74) is -1.74. The van der Waals surface area contributed by atoms with Gasteiger partial charge in [0.05, 0.1) is 30.8 Å². The van der Waals surface area contributed by atoms with Crippen LogP contribution in [0, 0.1) is 54.2 Å². The Bertz CT molecular complexity index is 2250. The molecule has 3 N–H and O–H groups in total. The van der Waals surface area contributed by atoms with Crippen LogP contribution in [0.4, 0.5) is 10.1 Å². The molecule has 1 aromatic heterocycles. The van der Waals surface area contributed by atoms with E-state index in [1.807, 2.05) is 22.5 Å².